The molecule has 0 saturated carbocycles. The monoisotopic (exact) mass is 540 g/mol. The summed E-state index contributed by atoms with van der Waals surface area (Å²) in [5, 5.41) is 0. The van der Waals surface area contributed by atoms with E-state index in [2.05, 4.69) is 89.4 Å². The van der Waals surface area contributed by atoms with Crippen LogP contribution in [0, 0.1) is 0 Å². The van der Waals surface area contributed by atoms with Crippen molar-refractivity contribution >= 4 is 11.6 Å². The van der Waals surface area contributed by atoms with Crippen molar-refractivity contribution in [2.45, 2.75) is 0 Å². The van der Waals surface area contributed by atoms with Gasteiger partial charge in [-0.25, -0.2) is 9.13 Å². The number of fused-ring (bicyclic) bond motifs is 3. The molecular weight excluding hydrogens is 522 g/mol. The van der Waals surface area contributed by atoms with Gasteiger partial charge in [-0.15, -0.1) is 0 Å². The van der Waals surface area contributed by atoms with Crippen molar-refractivity contribution in [3.05, 3.63) is 83.9 Å². The maximum Gasteiger partial charge on any atom is 0.220 e. The molecular formula is C20H18I2N2. The molecule has 3 aromatic rings. The number of pyridine rings is 2. The molecule has 2 heterocycles. The Labute approximate surface area is 176 Å². The molecule has 0 atom stereocenters. The third-order valence-corrected chi connectivity index (χ3v) is 4.26. The fourth-order valence-electron chi connectivity index (χ4n) is 3.17. The van der Waals surface area contributed by atoms with E-state index >= 15 is 0 Å². The second-order valence-corrected chi connectivity index (χ2v) is 5.78. The maximum atomic E-state index is 2.28. The number of benzene rings is 1. The molecule has 1 aliphatic carbocycles. The minimum absolute atomic E-state index is 0. The second kappa shape index (κ2) is 7.74. The zero-order valence-corrected chi connectivity index (χ0v) is 17.9. The Hall–Kier alpha value is -1.28. The van der Waals surface area contributed by atoms with Gasteiger partial charge in [0.05, 0.1) is 11.1 Å². The molecule has 0 fully saturated rings. The van der Waals surface area contributed by atoms with Crippen LogP contribution in [-0.4, -0.2) is 0 Å². The number of aromatic nitrogens is 2. The number of aryl methyl sites for hydroxylation is 2. The molecule has 0 spiro atoms. The smallest absolute Gasteiger partial charge is 0.220 e. The summed E-state index contributed by atoms with van der Waals surface area (Å²) in [7, 11) is 4.15. The number of halogens is 2. The number of hydrogen-bond donors (Lipinski definition) is 0. The van der Waals surface area contributed by atoms with Crippen molar-refractivity contribution in [3.8, 4) is 11.1 Å². The highest BCUT2D eigenvalue weighted by Crippen LogP contribution is 2.42. The highest BCUT2D eigenvalue weighted by atomic mass is 127. The molecule has 0 unspecified atom stereocenters. The van der Waals surface area contributed by atoms with E-state index in [-0.39, 0.29) is 48.0 Å². The van der Waals surface area contributed by atoms with Crippen LogP contribution in [-0.2, 0) is 14.1 Å². The Morgan fingerprint density at radius 2 is 1.33 bits per heavy atom. The Morgan fingerprint density at radius 1 is 0.708 bits per heavy atom. The fraction of sp³-hybridized carbons (Fsp3) is 0.100. The summed E-state index contributed by atoms with van der Waals surface area (Å²) in [6.45, 7) is 0. The van der Waals surface area contributed by atoms with Gasteiger partial charge in [0.25, 0.3) is 0 Å². The normalized spacial score (nSPS) is 12.8. The summed E-state index contributed by atoms with van der Waals surface area (Å²) in [6.07, 6.45) is 8.56. The van der Waals surface area contributed by atoms with Crippen molar-refractivity contribution in [3.63, 3.8) is 0 Å². The predicted molar refractivity (Wildman–Crippen MR) is 87.6 cm³/mol. The van der Waals surface area contributed by atoms with Crippen molar-refractivity contribution in [1.82, 2.24) is 0 Å². The summed E-state index contributed by atoms with van der Waals surface area (Å²) in [6, 6.07) is 17.3. The van der Waals surface area contributed by atoms with Crippen LogP contribution < -0.4 is 57.1 Å². The Morgan fingerprint density at radius 3 is 2.04 bits per heavy atom. The number of hydrogen-bond acceptors (Lipinski definition) is 0. The van der Waals surface area contributed by atoms with E-state index in [1.807, 2.05) is 7.05 Å². The molecule has 1 aliphatic rings. The van der Waals surface area contributed by atoms with Gasteiger partial charge in [0, 0.05) is 18.2 Å². The topological polar surface area (TPSA) is 7.76 Å². The zero-order chi connectivity index (χ0) is 15.1. The lowest BCUT2D eigenvalue weighted by Gasteiger charge is -2.01. The molecule has 24 heavy (non-hydrogen) atoms. The van der Waals surface area contributed by atoms with Gasteiger partial charge in [-0.3, -0.25) is 0 Å². The lowest BCUT2D eigenvalue weighted by atomic mass is 10.0. The molecule has 1 aromatic carbocycles. The largest absolute Gasteiger partial charge is 1.00 e. The highest BCUT2D eigenvalue weighted by Gasteiger charge is 2.30. The molecule has 122 valence electrons. The van der Waals surface area contributed by atoms with E-state index in [1.165, 1.54) is 33.5 Å². The molecule has 0 amide bonds. The Balaban J connectivity index is 0.00000104. The van der Waals surface area contributed by atoms with Gasteiger partial charge in [-0.2, -0.15) is 0 Å². The van der Waals surface area contributed by atoms with Crippen LogP contribution >= 0.6 is 0 Å². The SMILES string of the molecule is C[n+]1ccc(/C=C2\c3ccccc3-c3ccc[n+](C)c32)cc1.[I-].[I-]. The second-order valence-electron chi connectivity index (χ2n) is 5.78. The third-order valence-electron chi connectivity index (χ3n) is 4.26. The van der Waals surface area contributed by atoms with Gasteiger partial charge < -0.3 is 48.0 Å². The first kappa shape index (κ1) is 19.1. The fourth-order valence-corrected chi connectivity index (χ4v) is 3.17. The summed E-state index contributed by atoms with van der Waals surface area (Å²) >= 11 is 0. The third kappa shape index (κ3) is 3.26. The maximum absolute atomic E-state index is 2.28. The quantitative estimate of drug-likeness (QED) is 0.179. The van der Waals surface area contributed by atoms with Crippen LogP contribution in [0.5, 0.6) is 0 Å². The van der Waals surface area contributed by atoms with Crippen LogP contribution in [0.3, 0.4) is 0 Å². The predicted octanol–water partition coefficient (Wildman–Crippen LogP) is -3.09. The Bertz CT molecular complexity index is 900. The van der Waals surface area contributed by atoms with Gasteiger partial charge in [-0.05, 0) is 28.8 Å². The van der Waals surface area contributed by atoms with E-state index in [9.17, 15) is 0 Å². The van der Waals surface area contributed by atoms with E-state index in [4.69, 9.17) is 0 Å². The lowest BCUT2D eigenvalue weighted by molar-refractivity contribution is -0.673. The molecule has 0 radical (unpaired) electrons. The van der Waals surface area contributed by atoms with Gasteiger partial charge in [0.1, 0.15) is 14.1 Å². The van der Waals surface area contributed by atoms with Gasteiger partial charge in [-0.1, -0.05) is 24.3 Å². The molecule has 2 nitrogen and oxygen atoms in total. The van der Waals surface area contributed by atoms with E-state index in [0.29, 0.717) is 0 Å². The Kier molecular flexibility index (Phi) is 6.14. The summed E-state index contributed by atoms with van der Waals surface area (Å²) < 4.78 is 4.27. The average molecular weight is 540 g/mol. The number of nitrogens with zero attached hydrogens (tertiary/aromatic N) is 2. The first-order chi connectivity index (χ1) is 10.7. The van der Waals surface area contributed by atoms with Crippen LogP contribution in [0.4, 0.5) is 0 Å². The van der Waals surface area contributed by atoms with Crippen molar-refractivity contribution in [2.75, 3.05) is 0 Å². The summed E-state index contributed by atoms with van der Waals surface area (Å²) in [4.78, 5) is 0. The lowest BCUT2D eigenvalue weighted by Crippen LogP contribution is -3.00. The van der Waals surface area contributed by atoms with Crippen LogP contribution in [0.2, 0.25) is 0 Å². The van der Waals surface area contributed by atoms with Gasteiger partial charge >= 0.3 is 0 Å². The number of rotatable bonds is 1. The first-order valence-corrected chi connectivity index (χ1v) is 7.50. The van der Waals surface area contributed by atoms with Crippen molar-refractivity contribution in [2.24, 2.45) is 14.1 Å². The van der Waals surface area contributed by atoms with E-state index < -0.39 is 0 Å². The molecule has 0 N–H and O–H groups in total. The molecule has 4 heteroatoms. The van der Waals surface area contributed by atoms with Crippen molar-refractivity contribution < 1.29 is 57.1 Å². The summed E-state index contributed by atoms with van der Waals surface area (Å²) in [5.74, 6) is 0. The van der Waals surface area contributed by atoms with E-state index in [0.717, 1.165) is 0 Å². The van der Waals surface area contributed by atoms with Crippen LogP contribution in [0.15, 0.2) is 67.1 Å². The van der Waals surface area contributed by atoms with E-state index in [1.54, 1.807) is 0 Å². The van der Waals surface area contributed by atoms with Crippen LogP contribution in [0.1, 0.15) is 16.8 Å². The molecule has 0 aliphatic heterocycles. The molecule has 0 bridgehead atoms. The van der Waals surface area contributed by atoms with Crippen molar-refractivity contribution in [1.29, 1.82) is 0 Å². The molecule has 0 saturated heterocycles. The van der Waals surface area contributed by atoms with Gasteiger partial charge in [0.15, 0.2) is 18.6 Å². The zero-order valence-electron chi connectivity index (χ0n) is 13.6. The minimum Gasteiger partial charge on any atom is -1.00 e. The molecule has 2 aromatic heterocycles. The van der Waals surface area contributed by atoms with Crippen LogP contribution in [0.25, 0.3) is 22.8 Å². The highest BCUT2D eigenvalue weighted by molar-refractivity contribution is 6.04. The van der Waals surface area contributed by atoms with Gasteiger partial charge in [0.2, 0.25) is 5.69 Å². The molecule has 4 rings (SSSR count). The first-order valence-electron chi connectivity index (χ1n) is 7.50. The minimum atomic E-state index is 0. The average Bonchev–Trinajstić information content (AvgIpc) is 2.86. The summed E-state index contributed by atoms with van der Waals surface area (Å²) in [5.41, 5.74) is 7.75. The standard InChI is InChI=1S/C20H18N2.2HI/c1-21-12-9-15(10-13-21)14-19-17-7-4-3-6-16(17)18-8-5-11-22(2)20(18)19;;/h3-14H,1-2H3;2*1H/q+2;;/p-2/b19-14+;;.